The highest BCUT2D eigenvalue weighted by molar-refractivity contribution is 7.92. The van der Waals surface area contributed by atoms with Gasteiger partial charge in [0, 0.05) is 18.7 Å². The zero-order valence-corrected chi connectivity index (χ0v) is 17.2. The summed E-state index contributed by atoms with van der Waals surface area (Å²) in [4.78, 5) is 24.7. The maximum absolute atomic E-state index is 12.9. The fraction of sp³-hybridized carbons (Fsp3) is 0.300. The first-order valence-corrected chi connectivity index (χ1v) is 10.8. The molecule has 0 saturated heterocycles. The van der Waals surface area contributed by atoms with Gasteiger partial charge < -0.3 is 14.8 Å². The van der Waals surface area contributed by atoms with Crippen LogP contribution in [0.2, 0.25) is 0 Å². The molecule has 1 aliphatic rings. The van der Waals surface area contributed by atoms with E-state index in [-0.39, 0.29) is 13.0 Å². The molecule has 154 valence electrons. The summed E-state index contributed by atoms with van der Waals surface area (Å²) in [5.74, 6) is -0.613. The number of rotatable bonds is 4. The molecular weight excluding hydrogens is 396 g/mol. The molecule has 0 aliphatic carbocycles. The van der Waals surface area contributed by atoms with Gasteiger partial charge >= 0.3 is 5.97 Å². The molecule has 9 heteroatoms. The van der Waals surface area contributed by atoms with Crippen molar-refractivity contribution >= 4 is 33.3 Å². The number of hydrogen-bond donors (Lipinski definition) is 1. The minimum absolute atomic E-state index is 0.106. The number of sulfonamides is 1. The standard InChI is InChI=1S/C20H22N2O6S/c1-13-14(20(24)27-2)7-6-8-15(13)21-19(23)18-11-12-22(29(3,25)26)16-9-4-5-10-17(16)28-18/h4-10,18H,11-12H2,1-3H3,(H,21,23)/t18-/m0/s1. The van der Waals surface area contributed by atoms with E-state index in [0.717, 1.165) is 6.26 Å². The smallest absolute Gasteiger partial charge is 0.338 e. The minimum atomic E-state index is -3.53. The number of para-hydroxylation sites is 2. The fourth-order valence-corrected chi connectivity index (χ4v) is 4.12. The molecule has 0 spiro atoms. The van der Waals surface area contributed by atoms with Gasteiger partial charge in [-0.25, -0.2) is 13.2 Å². The fourth-order valence-electron chi connectivity index (χ4n) is 3.17. The van der Waals surface area contributed by atoms with Gasteiger partial charge in [-0.3, -0.25) is 9.10 Å². The average Bonchev–Trinajstić information content (AvgIpc) is 2.88. The van der Waals surface area contributed by atoms with Gasteiger partial charge in [-0.05, 0) is 36.8 Å². The average molecular weight is 418 g/mol. The summed E-state index contributed by atoms with van der Waals surface area (Å²) in [6.07, 6.45) is 0.388. The van der Waals surface area contributed by atoms with Crippen LogP contribution in [0.4, 0.5) is 11.4 Å². The molecule has 0 saturated carbocycles. The van der Waals surface area contributed by atoms with Gasteiger partial charge in [-0.2, -0.15) is 0 Å². The van der Waals surface area contributed by atoms with Crippen LogP contribution in [-0.4, -0.2) is 46.3 Å². The van der Waals surface area contributed by atoms with Crippen molar-refractivity contribution in [1.82, 2.24) is 0 Å². The van der Waals surface area contributed by atoms with Gasteiger partial charge in [0.2, 0.25) is 10.0 Å². The maximum atomic E-state index is 12.9. The summed E-state index contributed by atoms with van der Waals surface area (Å²) >= 11 is 0. The van der Waals surface area contributed by atoms with Crippen molar-refractivity contribution in [3.63, 3.8) is 0 Å². The highest BCUT2D eigenvalue weighted by Gasteiger charge is 2.31. The molecule has 1 heterocycles. The molecular formula is C20H22N2O6S. The Labute approximate surface area is 169 Å². The Balaban J connectivity index is 1.86. The van der Waals surface area contributed by atoms with Crippen LogP contribution < -0.4 is 14.4 Å². The topological polar surface area (TPSA) is 102 Å². The van der Waals surface area contributed by atoms with Crippen molar-refractivity contribution in [2.75, 3.05) is 29.5 Å². The summed E-state index contributed by atoms with van der Waals surface area (Å²) < 4.78 is 36.2. The maximum Gasteiger partial charge on any atom is 0.338 e. The number of esters is 1. The number of ether oxygens (including phenoxy) is 2. The van der Waals surface area contributed by atoms with E-state index in [1.165, 1.54) is 11.4 Å². The minimum Gasteiger partial charge on any atom is -0.478 e. The number of benzene rings is 2. The number of amides is 1. The number of carbonyl (C=O) groups excluding carboxylic acids is 2. The molecule has 29 heavy (non-hydrogen) atoms. The van der Waals surface area contributed by atoms with E-state index in [2.05, 4.69) is 5.32 Å². The third kappa shape index (κ3) is 4.34. The number of anilines is 2. The first kappa shape index (κ1) is 20.7. The predicted molar refractivity (Wildman–Crippen MR) is 109 cm³/mol. The first-order chi connectivity index (χ1) is 13.7. The van der Waals surface area contributed by atoms with E-state index in [1.807, 2.05) is 0 Å². The number of carbonyl (C=O) groups is 2. The molecule has 0 bridgehead atoms. The zero-order valence-electron chi connectivity index (χ0n) is 16.3. The van der Waals surface area contributed by atoms with Crippen LogP contribution in [0.1, 0.15) is 22.3 Å². The van der Waals surface area contributed by atoms with Gasteiger partial charge in [0.15, 0.2) is 6.10 Å². The third-order valence-electron chi connectivity index (χ3n) is 4.69. The number of nitrogens with zero attached hydrogens (tertiary/aromatic N) is 1. The normalized spacial score (nSPS) is 16.2. The second-order valence-corrected chi connectivity index (χ2v) is 8.56. The molecule has 2 aromatic carbocycles. The van der Waals surface area contributed by atoms with Crippen molar-refractivity contribution in [2.24, 2.45) is 0 Å². The van der Waals surface area contributed by atoms with Crippen molar-refractivity contribution in [3.05, 3.63) is 53.6 Å². The van der Waals surface area contributed by atoms with Gasteiger partial charge in [0.1, 0.15) is 5.75 Å². The number of fused-ring (bicyclic) bond motifs is 1. The van der Waals surface area contributed by atoms with E-state index in [9.17, 15) is 18.0 Å². The van der Waals surface area contributed by atoms with Crippen LogP contribution in [0.5, 0.6) is 5.75 Å². The SMILES string of the molecule is COC(=O)c1cccc(NC(=O)[C@@H]2CCN(S(C)(=O)=O)c3ccccc3O2)c1C. The molecule has 3 rings (SSSR count). The lowest BCUT2D eigenvalue weighted by atomic mass is 10.1. The molecule has 1 aliphatic heterocycles. The summed E-state index contributed by atoms with van der Waals surface area (Å²) in [5.41, 5.74) is 1.77. The van der Waals surface area contributed by atoms with Crippen molar-refractivity contribution in [2.45, 2.75) is 19.4 Å². The molecule has 0 aromatic heterocycles. The zero-order chi connectivity index (χ0) is 21.2. The van der Waals surface area contributed by atoms with Crippen molar-refractivity contribution in [1.29, 1.82) is 0 Å². The molecule has 0 fully saturated rings. The molecule has 1 amide bonds. The predicted octanol–water partition coefficient (Wildman–Crippen LogP) is 2.34. The van der Waals surface area contributed by atoms with Gasteiger partial charge in [0.05, 0.1) is 24.6 Å². The largest absolute Gasteiger partial charge is 0.478 e. The molecule has 1 N–H and O–H groups in total. The lowest BCUT2D eigenvalue weighted by Crippen LogP contribution is -2.36. The Bertz CT molecular complexity index is 1050. The second kappa shape index (κ2) is 8.12. The highest BCUT2D eigenvalue weighted by Crippen LogP contribution is 2.34. The van der Waals surface area contributed by atoms with Crippen LogP contribution in [0.25, 0.3) is 0 Å². The molecule has 0 unspecified atom stereocenters. The van der Waals surface area contributed by atoms with Gasteiger partial charge in [-0.1, -0.05) is 18.2 Å². The molecule has 8 nitrogen and oxygen atoms in total. The molecule has 2 aromatic rings. The first-order valence-electron chi connectivity index (χ1n) is 8.94. The van der Waals surface area contributed by atoms with E-state index in [1.54, 1.807) is 49.4 Å². The van der Waals surface area contributed by atoms with Crippen molar-refractivity contribution < 1.29 is 27.5 Å². The Morgan fingerprint density at radius 2 is 1.90 bits per heavy atom. The number of nitrogens with one attached hydrogen (secondary N) is 1. The monoisotopic (exact) mass is 418 g/mol. The summed E-state index contributed by atoms with van der Waals surface area (Å²) in [5, 5.41) is 2.77. The summed E-state index contributed by atoms with van der Waals surface area (Å²) in [6.45, 7) is 1.81. The second-order valence-electron chi connectivity index (χ2n) is 6.66. The molecule has 0 radical (unpaired) electrons. The van der Waals surface area contributed by atoms with E-state index >= 15 is 0 Å². The quantitative estimate of drug-likeness (QED) is 0.765. The van der Waals surface area contributed by atoms with Crippen LogP contribution in [-0.2, 0) is 19.6 Å². The lowest BCUT2D eigenvalue weighted by molar-refractivity contribution is -0.122. The Hall–Kier alpha value is -3.07. The van der Waals surface area contributed by atoms with Crippen LogP contribution >= 0.6 is 0 Å². The Kier molecular flexibility index (Phi) is 5.78. The third-order valence-corrected chi connectivity index (χ3v) is 5.87. The summed E-state index contributed by atoms with van der Waals surface area (Å²) in [7, 11) is -2.24. The lowest BCUT2D eigenvalue weighted by Gasteiger charge is -2.20. The van der Waals surface area contributed by atoms with E-state index in [0.29, 0.717) is 28.3 Å². The van der Waals surface area contributed by atoms with Crippen LogP contribution in [0.15, 0.2) is 42.5 Å². The van der Waals surface area contributed by atoms with E-state index in [4.69, 9.17) is 9.47 Å². The van der Waals surface area contributed by atoms with E-state index < -0.39 is 28.0 Å². The Morgan fingerprint density at radius 1 is 1.17 bits per heavy atom. The Morgan fingerprint density at radius 3 is 2.59 bits per heavy atom. The van der Waals surface area contributed by atoms with Gasteiger partial charge in [0.25, 0.3) is 5.91 Å². The van der Waals surface area contributed by atoms with Crippen LogP contribution in [0, 0.1) is 6.92 Å². The highest BCUT2D eigenvalue weighted by atomic mass is 32.2. The van der Waals surface area contributed by atoms with Crippen molar-refractivity contribution in [3.8, 4) is 5.75 Å². The summed E-state index contributed by atoms with van der Waals surface area (Å²) in [6, 6.07) is 11.6. The molecule has 1 atom stereocenters. The number of hydrogen-bond acceptors (Lipinski definition) is 6. The van der Waals surface area contributed by atoms with Crippen LogP contribution in [0.3, 0.4) is 0 Å². The number of methoxy groups -OCH3 is 1. The van der Waals surface area contributed by atoms with Gasteiger partial charge in [-0.15, -0.1) is 0 Å².